The van der Waals surface area contributed by atoms with Crippen LogP contribution in [-0.2, 0) is 0 Å². The molecule has 37 heavy (non-hydrogen) atoms. The van der Waals surface area contributed by atoms with E-state index in [-0.39, 0.29) is 18.1 Å². The lowest BCUT2D eigenvalue weighted by Gasteiger charge is -2.27. The van der Waals surface area contributed by atoms with Crippen LogP contribution in [0.25, 0.3) is 39.0 Å². The van der Waals surface area contributed by atoms with Crippen LogP contribution in [-0.4, -0.2) is 32.0 Å². The van der Waals surface area contributed by atoms with Crippen LogP contribution in [0.4, 0.5) is 5.69 Å². The molecular formula is C30H29N5O2. The first-order valence-corrected chi connectivity index (χ1v) is 12.9. The summed E-state index contributed by atoms with van der Waals surface area (Å²) in [5.41, 5.74) is 5.71. The number of nitriles is 1. The number of para-hydroxylation sites is 1. The Balaban J connectivity index is 1.47. The van der Waals surface area contributed by atoms with Crippen LogP contribution in [0.5, 0.6) is 0 Å². The number of hydrogen-bond acceptors (Lipinski definition) is 6. The summed E-state index contributed by atoms with van der Waals surface area (Å²) in [7, 11) is 0. The Hall–Kier alpha value is -4.15. The van der Waals surface area contributed by atoms with E-state index in [9.17, 15) is 10.4 Å². The fraction of sp³-hybridized carbons (Fsp3) is 0.300. The van der Waals surface area contributed by atoms with E-state index in [0.717, 1.165) is 76.1 Å². The van der Waals surface area contributed by atoms with Gasteiger partial charge in [-0.05, 0) is 68.0 Å². The first-order valence-electron chi connectivity index (χ1n) is 12.9. The first kappa shape index (κ1) is 23.3. The van der Waals surface area contributed by atoms with E-state index in [1.165, 1.54) is 0 Å². The number of nitrogens with one attached hydrogen (secondary N) is 1. The molecule has 1 saturated carbocycles. The third kappa shape index (κ3) is 4.24. The van der Waals surface area contributed by atoms with Crippen molar-refractivity contribution in [3.05, 3.63) is 72.1 Å². The van der Waals surface area contributed by atoms with Crippen LogP contribution in [0.3, 0.4) is 0 Å². The molecule has 0 atom stereocenters. The number of pyridine rings is 1. The van der Waals surface area contributed by atoms with Crippen LogP contribution < -0.4 is 5.32 Å². The van der Waals surface area contributed by atoms with Crippen LogP contribution >= 0.6 is 0 Å². The average molecular weight is 492 g/mol. The summed E-state index contributed by atoms with van der Waals surface area (Å²) in [6.45, 7) is 4.26. The zero-order valence-electron chi connectivity index (χ0n) is 21.0. The van der Waals surface area contributed by atoms with Crippen molar-refractivity contribution in [3.63, 3.8) is 0 Å². The molecule has 1 aliphatic carbocycles. The normalized spacial score (nSPS) is 17.9. The van der Waals surface area contributed by atoms with E-state index >= 15 is 0 Å². The Kier molecular flexibility index (Phi) is 5.90. The molecule has 0 amide bonds. The second kappa shape index (κ2) is 9.38. The lowest BCUT2D eigenvalue weighted by molar-refractivity contribution is 0.126. The van der Waals surface area contributed by atoms with Crippen molar-refractivity contribution < 1.29 is 9.52 Å². The number of aromatic nitrogens is 3. The van der Waals surface area contributed by atoms with Gasteiger partial charge in [-0.2, -0.15) is 10.4 Å². The van der Waals surface area contributed by atoms with Crippen molar-refractivity contribution in [3.8, 4) is 23.1 Å². The van der Waals surface area contributed by atoms with E-state index in [1.54, 1.807) is 6.20 Å². The van der Waals surface area contributed by atoms with Gasteiger partial charge < -0.3 is 14.8 Å². The van der Waals surface area contributed by atoms with E-state index in [4.69, 9.17) is 14.5 Å². The van der Waals surface area contributed by atoms with Gasteiger partial charge in [-0.15, -0.1) is 0 Å². The average Bonchev–Trinajstić information content (AvgIpc) is 3.52. The van der Waals surface area contributed by atoms with Crippen molar-refractivity contribution in [1.29, 1.82) is 5.26 Å². The zero-order chi connectivity index (χ0) is 25.5. The van der Waals surface area contributed by atoms with E-state index in [1.807, 2.05) is 53.2 Å². The molecule has 0 aliphatic heterocycles. The topological polar surface area (TPSA) is 99.9 Å². The Labute approximate surface area is 215 Å². The molecule has 7 heteroatoms. The highest BCUT2D eigenvalue weighted by Crippen LogP contribution is 2.37. The standard InChI is InChI=1S/C30H29N5O2/c1-18(2)29-28-24(27-15-19-5-3-4-6-26(19)37-27)13-14-32-30(28)35(34-29)22-10-7-20(17-31)25(16-22)33-21-8-11-23(36)12-9-21/h3-7,10,13-16,18,21,23,33,36H,8-9,11-12H2,1-2H3. The fourth-order valence-corrected chi connectivity index (χ4v) is 5.29. The maximum absolute atomic E-state index is 9.87. The van der Waals surface area contributed by atoms with Gasteiger partial charge in [0.1, 0.15) is 17.4 Å². The highest BCUT2D eigenvalue weighted by atomic mass is 16.3. The second-order valence-corrected chi connectivity index (χ2v) is 10.1. The SMILES string of the molecule is CC(C)c1nn(-c2ccc(C#N)c(NC3CCC(O)CC3)c2)c2nccc(-c3cc4ccccc4o3)c12. The molecular weight excluding hydrogens is 462 g/mol. The maximum atomic E-state index is 9.87. The minimum absolute atomic E-state index is 0.167. The summed E-state index contributed by atoms with van der Waals surface area (Å²) in [4.78, 5) is 4.74. The van der Waals surface area contributed by atoms with Crippen molar-refractivity contribution in [2.24, 2.45) is 0 Å². The van der Waals surface area contributed by atoms with Gasteiger partial charge in [-0.1, -0.05) is 32.0 Å². The number of aliphatic hydroxyl groups is 1. The van der Waals surface area contributed by atoms with Gasteiger partial charge in [0.05, 0.1) is 34.1 Å². The van der Waals surface area contributed by atoms with Gasteiger partial charge in [0.25, 0.3) is 0 Å². The monoisotopic (exact) mass is 491 g/mol. The predicted octanol–water partition coefficient (Wildman–Crippen LogP) is 6.54. The summed E-state index contributed by atoms with van der Waals surface area (Å²) in [5.74, 6) is 0.956. The molecule has 1 aliphatic rings. The van der Waals surface area contributed by atoms with E-state index in [2.05, 4.69) is 31.3 Å². The molecule has 0 unspecified atom stereocenters. The summed E-state index contributed by atoms with van der Waals surface area (Å²) in [6.07, 6.45) is 4.87. The molecule has 3 aromatic heterocycles. The van der Waals surface area contributed by atoms with Crippen LogP contribution in [0, 0.1) is 11.3 Å². The lowest BCUT2D eigenvalue weighted by atomic mass is 9.93. The van der Waals surface area contributed by atoms with Crippen LogP contribution in [0.2, 0.25) is 0 Å². The lowest BCUT2D eigenvalue weighted by Crippen LogP contribution is -2.28. The van der Waals surface area contributed by atoms with Crippen molar-refractivity contribution >= 4 is 27.7 Å². The molecule has 7 nitrogen and oxygen atoms in total. The van der Waals surface area contributed by atoms with Crippen molar-refractivity contribution in [2.75, 3.05) is 5.32 Å². The van der Waals surface area contributed by atoms with Gasteiger partial charge in [0.15, 0.2) is 5.65 Å². The Morgan fingerprint density at radius 1 is 1.08 bits per heavy atom. The van der Waals surface area contributed by atoms with Gasteiger partial charge in [-0.3, -0.25) is 0 Å². The predicted molar refractivity (Wildman–Crippen MR) is 145 cm³/mol. The number of nitrogens with zero attached hydrogens (tertiary/aromatic N) is 4. The number of benzene rings is 2. The molecule has 1 fully saturated rings. The highest BCUT2D eigenvalue weighted by Gasteiger charge is 2.23. The van der Waals surface area contributed by atoms with Crippen LogP contribution in [0.1, 0.15) is 56.7 Å². The molecule has 2 aromatic carbocycles. The van der Waals surface area contributed by atoms with Crippen molar-refractivity contribution in [1.82, 2.24) is 14.8 Å². The number of furan rings is 1. The first-order chi connectivity index (χ1) is 18.0. The minimum atomic E-state index is -0.225. The summed E-state index contributed by atoms with van der Waals surface area (Å²) in [5, 5.41) is 30.2. The van der Waals surface area contributed by atoms with Gasteiger partial charge in [0.2, 0.25) is 0 Å². The quantitative estimate of drug-likeness (QED) is 0.289. The van der Waals surface area contributed by atoms with Gasteiger partial charge in [0, 0.05) is 23.2 Å². The number of aliphatic hydroxyl groups excluding tert-OH is 1. The van der Waals surface area contributed by atoms with Gasteiger partial charge in [-0.25, -0.2) is 9.67 Å². The minimum Gasteiger partial charge on any atom is -0.456 e. The summed E-state index contributed by atoms with van der Waals surface area (Å²) < 4.78 is 8.09. The van der Waals surface area contributed by atoms with Crippen molar-refractivity contribution in [2.45, 2.75) is 57.6 Å². The highest BCUT2D eigenvalue weighted by molar-refractivity contribution is 5.97. The maximum Gasteiger partial charge on any atom is 0.163 e. The van der Waals surface area contributed by atoms with Gasteiger partial charge >= 0.3 is 0 Å². The molecule has 0 bridgehead atoms. The number of fused-ring (bicyclic) bond motifs is 2. The molecule has 0 spiro atoms. The number of rotatable bonds is 5. The zero-order valence-corrected chi connectivity index (χ0v) is 21.0. The molecule has 5 aromatic rings. The molecule has 3 heterocycles. The van der Waals surface area contributed by atoms with E-state index in [0.29, 0.717) is 5.56 Å². The van der Waals surface area contributed by atoms with Crippen LogP contribution in [0.15, 0.2) is 65.2 Å². The Morgan fingerprint density at radius 2 is 1.89 bits per heavy atom. The Morgan fingerprint density at radius 3 is 2.65 bits per heavy atom. The number of anilines is 1. The molecule has 186 valence electrons. The second-order valence-electron chi connectivity index (χ2n) is 10.1. The fourth-order valence-electron chi connectivity index (χ4n) is 5.29. The molecule has 0 radical (unpaired) electrons. The molecule has 2 N–H and O–H groups in total. The third-order valence-corrected chi connectivity index (χ3v) is 7.26. The summed E-state index contributed by atoms with van der Waals surface area (Å²) in [6, 6.07) is 20.3. The molecule has 6 rings (SSSR count). The van der Waals surface area contributed by atoms with E-state index < -0.39 is 0 Å². The third-order valence-electron chi connectivity index (χ3n) is 7.26. The molecule has 0 saturated heterocycles. The smallest absolute Gasteiger partial charge is 0.163 e. The largest absolute Gasteiger partial charge is 0.456 e. The Bertz CT molecular complexity index is 1600. The summed E-state index contributed by atoms with van der Waals surface area (Å²) >= 11 is 0. The number of hydrogen-bond donors (Lipinski definition) is 2.